The van der Waals surface area contributed by atoms with Gasteiger partial charge in [0.05, 0.1) is 10.2 Å². The number of aromatic nitrogens is 1. The van der Waals surface area contributed by atoms with Crippen molar-refractivity contribution in [2.24, 2.45) is 0 Å². The number of benzene rings is 2. The Bertz CT molecular complexity index is 774. The van der Waals surface area contributed by atoms with Gasteiger partial charge in [0, 0.05) is 18.5 Å². The van der Waals surface area contributed by atoms with Crippen LogP contribution in [0.1, 0.15) is 12.8 Å². The molecular formula is C17H19N3S. The summed E-state index contributed by atoms with van der Waals surface area (Å²) in [6.45, 7) is 2.23. The molecule has 0 spiro atoms. The highest BCUT2D eigenvalue weighted by atomic mass is 32.1. The highest BCUT2D eigenvalue weighted by Crippen LogP contribution is 2.34. The van der Waals surface area contributed by atoms with E-state index >= 15 is 0 Å². The van der Waals surface area contributed by atoms with Crippen molar-refractivity contribution in [3.05, 3.63) is 36.4 Å². The van der Waals surface area contributed by atoms with Gasteiger partial charge in [-0.2, -0.15) is 0 Å². The van der Waals surface area contributed by atoms with Gasteiger partial charge in [0.1, 0.15) is 0 Å². The molecular weight excluding hydrogens is 278 g/mol. The van der Waals surface area contributed by atoms with Crippen LogP contribution in [0.25, 0.3) is 21.0 Å². The quantitative estimate of drug-likeness (QED) is 0.783. The Hall–Kier alpha value is -1.65. The fourth-order valence-corrected chi connectivity index (χ4v) is 4.17. The summed E-state index contributed by atoms with van der Waals surface area (Å²) in [7, 11) is 2.19. The first kappa shape index (κ1) is 13.0. The molecule has 3 aromatic rings. The molecule has 21 heavy (non-hydrogen) atoms. The molecule has 1 aliphatic rings. The first-order valence-corrected chi connectivity index (χ1v) is 8.36. The number of anilines is 1. The minimum Gasteiger partial charge on any atom is -0.348 e. The average molecular weight is 297 g/mol. The number of fused-ring (bicyclic) bond motifs is 3. The lowest BCUT2D eigenvalue weighted by Gasteiger charge is -2.31. The first-order valence-electron chi connectivity index (χ1n) is 7.55. The molecule has 4 rings (SSSR count). The predicted octanol–water partition coefficient (Wildman–Crippen LogP) is 3.64. The molecule has 0 bridgehead atoms. The highest BCUT2D eigenvalue weighted by Gasteiger charge is 2.20. The Kier molecular flexibility index (Phi) is 3.28. The van der Waals surface area contributed by atoms with Crippen LogP contribution in [0.2, 0.25) is 0 Å². The summed E-state index contributed by atoms with van der Waals surface area (Å²) in [5.74, 6) is 0. The summed E-state index contributed by atoms with van der Waals surface area (Å²) in [6, 6.07) is 13.5. The van der Waals surface area contributed by atoms with Gasteiger partial charge >= 0.3 is 0 Å². The molecule has 2 aromatic carbocycles. The molecule has 0 aliphatic carbocycles. The molecule has 4 heteroatoms. The Labute approximate surface area is 128 Å². The number of nitrogens with one attached hydrogen (secondary N) is 1. The Morgan fingerprint density at radius 2 is 1.95 bits per heavy atom. The van der Waals surface area contributed by atoms with Crippen LogP contribution in [0.4, 0.5) is 5.13 Å². The molecule has 3 nitrogen and oxygen atoms in total. The lowest BCUT2D eigenvalue weighted by atomic mass is 10.1. The molecule has 1 fully saturated rings. The third kappa shape index (κ3) is 2.28. The molecule has 1 aliphatic heterocycles. The van der Waals surface area contributed by atoms with E-state index in [9.17, 15) is 0 Å². The van der Waals surface area contributed by atoms with Gasteiger partial charge in [-0.3, -0.25) is 0 Å². The monoisotopic (exact) mass is 297 g/mol. The molecule has 1 N–H and O–H groups in total. The Morgan fingerprint density at radius 3 is 2.81 bits per heavy atom. The zero-order valence-corrected chi connectivity index (χ0v) is 13.0. The zero-order valence-electron chi connectivity index (χ0n) is 12.2. The van der Waals surface area contributed by atoms with E-state index in [0.29, 0.717) is 6.04 Å². The van der Waals surface area contributed by atoms with E-state index in [1.54, 1.807) is 0 Å². The van der Waals surface area contributed by atoms with Crippen molar-refractivity contribution in [2.45, 2.75) is 18.9 Å². The number of rotatable bonds is 2. The summed E-state index contributed by atoms with van der Waals surface area (Å²) in [4.78, 5) is 7.32. The van der Waals surface area contributed by atoms with Crippen molar-refractivity contribution in [1.82, 2.24) is 10.3 Å². The van der Waals surface area contributed by atoms with Crippen LogP contribution in [0, 0.1) is 0 Å². The first-order chi connectivity index (χ1) is 10.3. The summed E-state index contributed by atoms with van der Waals surface area (Å²) < 4.78 is 1.28. The fraction of sp³-hybridized carbons (Fsp3) is 0.353. The second kappa shape index (κ2) is 5.28. The largest absolute Gasteiger partial charge is 0.348 e. The van der Waals surface area contributed by atoms with Crippen molar-refractivity contribution in [2.75, 3.05) is 25.0 Å². The van der Waals surface area contributed by atoms with Crippen LogP contribution in [0.15, 0.2) is 36.4 Å². The lowest BCUT2D eigenvalue weighted by molar-refractivity contribution is 0.443. The van der Waals surface area contributed by atoms with Crippen LogP contribution >= 0.6 is 11.3 Å². The standard InChI is InChI=1S/C17H19N3S/c1-20(13-8-10-18-11-9-13)17-19-16-14-5-3-2-4-12(14)6-7-15(16)21-17/h2-7,13,18H,8-11H2,1H3. The molecule has 0 amide bonds. The molecule has 0 radical (unpaired) electrons. The maximum absolute atomic E-state index is 4.94. The van der Waals surface area contributed by atoms with Crippen LogP contribution in [0.5, 0.6) is 0 Å². The SMILES string of the molecule is CN(c1nc2c(ccc3ccccc32)s1)C1CCNCC1. The third-order valence-electron chi connectivity index (χ3n) is 4.43. The van der Waals surface area contributed by atoms with E-state index in [1.807, 2.05) is 11.3 Å². The number of thiazole rings is 1. The second-order valence-electron chi connectivity index (χ2n) is 5.72. The topological polar surface area (TPSA) is 28.2 Å². The number of piperidine rings is 1. The van der Waals surface area contributed by atoms with Gasteiger partial charge in [0.15, 0.2) is 5.13 Å². The van der Waals surface area contributed by atoms with Crippen molar-refractivity contribution >= 4 is 37.5 Å². The summed E-state index contributed by atoms with van der Waals surface area (Å²) in [5.41, 5.74) is 1.15. The maximum Gasteiger partial charge on any atom is 0.186 e. The van der Waals surface area contributed by atoms with Crippen LogP contribution in [0.3, 0.4) is 0 Å². The summed E-state index contributed by atoms with van der Waals surface area (Å²) in [5, 5.41) is 7.10. The minimum absolute atomic E-state index is 0.609. The molecule has 2 heterocycles. The zero-order chi connectivity index (χ0) is 14.2. The lowest BCUT2D eigenvalue weighted by Crippen LogP contribution is -2.41. The van der Waals surface area contributed by atoms with Crippen LogP contribution in [-0.2, 0) is 0 Å². The van der Waals surface area contributed by atoms with Gasteiger partial charge in [0.2, 0.25) is 0 Å². The van der Waals surface area contributed by atoms with Crippen molar-refractivity contribution in [1.29, 1.82) is 0 Å². The Balaban J connectivity index is 1.77. The highest BCUT2D eigenvalue weighted by molar-refractivity contribution is 7.22. The third-order valence-corrected chi connectivity index (χ3v) is 5.54. The van der Waals surface area contributed by atoms with Gasteiger partial charge in [-0.25, -0.2) is 4.98 Å². The summed E-state index contributed by atoms with van der Waals surface area (Å²) >= 11 is 1.81. The Morgan fingerprint density at radius 1 is 1.14 bits per heavy atom. The minimum atomic E-state index is 0.609. The van der Waals surface area contributed by atoms with E-state index < -0.39 is 0 Å². The number of hydrogen-bond acceptors (Lipinski definition) is 4. The molecule has 108 valence electrons. The molecule has 0 unspecified atom stereocenters. The molecule has 1 aromatic heterocycles. The smallest absolute Gasteiger partial charge is 0.186 e. The summed E-state index contributed by atoms with van der Waals surface area (Å²) in [6.07, 6.45) is 2.40. The van der Waals surface area contributed by atoms with Gasteiger partial charge in [-0.1, -0.05) is 41.7 Å². The van der Waals surface area contributed by atoms with E-state index in [2.05, 4.69) is 53.7 Å². The molecule has 0 atom stereocenters. The van der Waals surface area contributed by atoms with Gasteiger partial charge in [-0.15, -0.1) is 0 Å². The second-order valence-corrected chi connectivity index (χ2v) is 6.73. The number of hydrogen-bond donors (Lipinski definition) is 1. The van der Waals surface area contributed by atoms with Crippen LogP contribution in [-0.4, -0.2) is 31.2 Å². The fourth-order valence-electron chi connectivity index (χ4n) is 3.15. The molecule has 0 saturated carbocycles. The molecule has 1 saturated heterocycles. The van der Waals surface area contributed by atoms with Crippen molar-refractivity contribution < 1.29 is 0 Å². The average Bonchev–Trinajstić information content (AvgIpc) is 2.99. The maximum atomic E-state index is 4.94. The van der Waals surface area contributed by atoms with E-state index in [-0.39, 0.29) is 0 Å². The van der Waals surface area contributed by atoms with E-state index in [4.69, 9.17) is 4.98 Å². The number of nitrogens with zero attached hydrogens (tertiary/aromatic N) is 2. The van der Waals surface area contributed by atoms with Gasteiger partial charge < -0.3 is 10.2 Å². The normalized spacial score (nSPS) is 16.6. The van der Waals surface area contributed by atoms with Crippen LogP contribution < -0.4 is 10.2 Å². The van der Waals surface area contributed by atoms with E-state index in [0.717, 1.165) is 23.7 Å². The van der Waals surface area contributed by atoms with E-state index in [1.165, 1.54) is 28.3 Å². The van der Waals surface area contributed by atoms with Gasteiger partial charge in [-0.05, 0) is 37.4 Å². The van der Waals surface area contributed by atoms with Gasteiger partial charge in [0.25, 0.3) is 0 Å². The predicted molar refractivity (Wildman–Crippen MR) is 91.4 cm³/mol. The van der Waals surface area contributed by atoms with Crippen molar-refractivity contribution in [3.8, 4) is 0 Å². The van der Waals surface area contributed by atoms with Crippen molar-refractivity contribution in [3.63, 3.8) is 0 Å².